The topological polar surface area (TPSA) is 68.3 Å². The van der Waals surface area contributed by atoms with E-state index in [9.17, 15) is 16.8 Å². The highest BCUT2D eigenvalue weighted by molar-refractivity contribution is 7.98. The summed E-state index contributed by atoms with van der Waals surface area (Å²) in [4.78, 5) is -0.00795. The van der Waals surface area contributed by atoms with Crippen LogP contribution in [-0.4, -0.2) is 22.6 Å². The van der Waals surface area contributed by atoms with E-state index in [2.05, 4.69) is 0 Å². The van der Waals surface area contributed by atoms with Gasteiger partial charge in [-0.25, -0.2) is 16.8 Å². The van der Waals surface area contributed by atoms with Gasteiger partial charge in [-0.1, -0.05) is 66.7 Å². The van der Waals surface area contributed by atoms with E-state index >= 15 is 0 Å². The monoisotopic (exact) mass is 398 g/mol. The zero-order valence-electron chi connectivity index (χ0n) is 14.4. The van der Waals surface area contributed by atoms with Crippen molar-refractivity contribution in [3.05, 3.63) is 101 Å². The summed E-state index contributed by atoms with van der Waals surface area (Å²) in [5, 5.41) is 0. The Morgan fingerprint density at radius 2 is 1.07 bits per heavy atom. The van der Waals surface area contributed by atoms with Crippen molar-refractivity contribution in [2.75, 3.05) is 5.75 Å². The maximum Gasteiger partial charge on any atom is 0.203 e. The van der Waals surface area contributed by atoms with Crippen LogP contribution in [0, 0.1) is 0 Å². The van der Waals surface area contributed by atoms with Gasteiger partial charge in [0.1, 0.15) is 0 Å². The molecule has 0 bridgehead atoms. The Hall–Kier alpha value is -2.70. The molecule has 6 heteroatoms. The molecule has 0 N–H and O–H groups in total. The van der Waals surface area contributed by atoms with Gasteiger partial charge in [0, 0.05) is 0 Å². The van der Waals surface area contributed by atoms with Gasteiger partial charge in [0.25, 0.3) is 0 Å². The lowest BCUT2D eigenvalue weighted by Gasteiger charge is -2.11. The largest absolute Gasteiger partial charge is 0.223 e. The maximum absolute atomic E-state index is 13.1. The Labute approximate surface area is 159 Å². The maximum atomic E-state index is 13.1. The minimum absolute atomic E-state index is 0.0652. The van der Waals surface area contributed by atoms with Gasteiger partial charge < -0.3 is 0 Å². The molecule has 27 heavy (non-hydrogen) atoms. The van der Waals surface area contributed by atoms with E-state index in [0.29, 0.717) is 5.56 Å². The second kappa shape index (κ2) is 7.90. The molecule has 0 fully saturated rings. The van der Waals surface area contributed by atoms with Crippen LogP contribution < -0.4 is 0 Å². The van der Waals surface area contributed by atoms with Crippen LogP contribution in [-0.2, 0) is 19.7 Å². The minimum atomic E-state index is -3.96. The molecule has 138 valence electrons. The molecular formula is C21H18O4S2. The van der Waals surface area contributed by atoms with Crippen LogP contribution in [0.4, 0.5) is 0 Å². The van der Waals surface area contributed by atoms with Crippen LogP contribution in [0.3, 0.4) is 0 Å². The zero-order chi connectivity index (χ0) is 19.3. The van der Waals surface area contributed by atoms with Crippen molar-refractivity contribution in [1.82, 2.24) is 0 Å². The van der Waals surface area contributed by atoms with E-state index in [1.165, 1.54) is 30.3 Å². The molecule has 0 amide bonds. The lowest BCUT2D eigenvalue weighted by molar-refractivity contribution is 0.593. The average molecular weight is 399 g/mol. The fourth-order valence-corrected chi connectivity index (χ4v) is 5.97. The van der Waals surface area contributed by atoms with Crippen molar-refractivity contribution in [2.24, 2.45) is 0 Å². The number of hydrogen-bond acceptors (Lipinski definition) is 4. The van der Waals surface area contributed by atoms with Crippen LogP contribution in [0.5, 0.6) is 0 Å². The van der Waals surface area contributed by atoms with Gasteiger partial charge in [-0.2, -0.15) is 0 Å². The van der Waals surface area contributed by atoms with Crippen LogP contribution in [0.1, 0.15) is 5.56 Å². The molecule has 3 aromatic rings. The molecule has 0 atom stereocenters. The molecule has 0 heterocycles. The molecule has 0 spiro atoms. The first-order valence-electron chi connectivity index (χ1n) is 8.23. The van der Waals surface area contributed by atoms with Crippen molar-refractivity contribution in [1.29, 1.82) is 0 Å². The molecule has 0 saturated heterocycles. The van der Waals surface area contributed by atoms with Gasteiger partial charge in [0.15, 0.2) is 9.84 Å². The molecule has 0 aliphatic rings. The Bertz CT molecular complexity index is 1130. The Morgan fingerprint density at radius 3 is 1.59 bits per heavy atom. The van der Waals surface area contributed by atoms with E-state index in [-0.39, 0.29) is 14.7 Å². The van der Waals surface area contributed by atoms with E-state index in [0.717, 1.165) is 0 Å². The zero-order valence-corrected chi connectivity index (χ0v) is 16.0. The Kier molecular flexibility index (Phi) is 5.58. The van der Waals surface area contributed by atoms with E-state index in [4.69, 9.17) is 0 Å². The summed E-state index contributed by atoms with van der Waals surface area (Å²) in [6.45, 7) is 0. The Balaban J connectivity index is 2.11. The van der Waals surface area contributed by atoms with Gasteiger partial charge in [-0.15, -0.1) is 0 Å². The fourth-order valence-electron chi connectivity index (χ4n) is 2.58. The number of benzene rings is 3. The molecule has 0 saturated carbocycles. The first-order chi connectivity index (χ1) is 12.9. The predicted molar refractivity (Wildman–Crippen MR) is 107 cm³/mol. The normalized spacial score (nSPS) is 12.7. The Morgan fingerprint density at radius 1 is 0.630 bits per heavy atom. The van der Waals surface area contributed by atoms with E-state index in [1.807, 2.05) is 6.07 Å². The third kappa shape index (κ3) is 4.53. The molecule has 4 nitrogen and oxygen atoms in total. The third-order valence-corrected chi connectivity index (χ3v) is 7.67. The summed E-state index contributed by atoms with van der Waals surface area (Å²) in [5.74, 6) is -0.608. The van der Waals surface area contributed by atoms with Crippen LogP contribution in [0.2, 0.25) is 0 Å². The summed E-state index contributed by atoms with van der Waals surface area (Å²) in [7, 11) is -7.78. The highest BCUT2D eigenvalue weighted by atomic mass is 32.2. The summed E-state index contributed by atoms with van der Waals surface area (Å²) in [6.07, 6.45) is 1.42. The quantitative estimate of drug-likeness (QED) is 0.630. The van der Waals surface area contributed by atoms with E-state index < -0.39 is 25.4 Å². The second-order valence-electron chi connectivity index (χ2n) is 5.91. The highest BCUT2D eigenvalue weighted by Crippen LogP contribution is 2.25. The number of hydrogen-bond donors (Lipinski definition) is 0. The molecule has 0 unspecified atom stereocenters. The summed E-state index contributed by atoms with van der Waals surface area (Å²) >= 11 is 0. The fraction of sp³-hybridized carbons (Fsp3) is 0.0476. The minimum Gasteiger partial charge on any atom is -0.223 e. The van der Waals surface area contributed by atoms with Gasteiger partial charge in [-0.3, -0.25) is 0 Å². The summed E-state index contributed by atoms with van der Waals surface area (Å²) in [5.41, 5.74) is 0.621. The van der Waals surface area contributed by atoms with Crippen molar-refractivity contribution >= 4 is 25.8 Å². The van der Waals surface area contributed by atoms with Crippen LogP contribution in [0.15, 0.2) is 106 Å². The smallest absolute Gasteiger partial charge is 0.203 e. The van der Waals surface area contributed by atoms with Gasteiger partial charge >= 0.3 is 0 Å². The van der Waals surface area contributed by atoms with Crippen molar-refractivity contribution in [3.8, 4) is 0 Å². The van der Waals surface area contributed by atoms with Crippen molar-refractivity contribution in [3.63, 3.8) is 0 Å². The second-order valence-corrected chi connectivity index (χ2v) is 9.90. The number of rotatable bonds is 6. The highest BCUT2D eigenvalue weighted by Gasteiger charge is 2.27. The van der Waals surface area contributed by atoms with Gasteiger partial charge in [0.05, 0.1) is 20.4 Å². The summed E-state index contributed by atoms with van der Waals surface area (Å²) < 4.78 is 51.8. The van der Waals surface area contributed by atoms with Crippen LogP contribution in [0.25, 0.3) is 6.08 Å². The van der Waals surface area contributed by atoms with Crippen LogP contribution >= 0.6 is 0 Å². The molecule has 0 aromatic heterocycles. The first kappa shape index (κ1) is 19.1. The summed E-state index contributed by atoms with van der Waals surface area (Å²) in [6, 6.07) is 24.5. The lowest BCUT2D eigenvalue weighted by atomic mass is 10.2. The molecule has 3 aromatic carbocycles. The number of sulfone groups is 2. The lowest BCUT2D eigenvalue weighted by Crippen LogP contribution is -2.16. The van der Waals surface area contributed by atoms with Crippen molar-refractivity contribution in [2.45, 2.75) is 9.79 Å². The van der Waals surface area contributed by atoms with Gasteiger partial charge in [0.2, 0.25) is 9.84 Å². The predicted octanol–water partition coefficient (Wildman–Crippen LogP) is 3.98. The van der Waals surface area contributed by atoms with Gasteiger partial charge in [-0.05, 0) is 35.9 Å². The average Bonchev–Trinajstić information content (AvgIpc) is 2.69. The van der Waals surface area contributed by atoms with Crippen molar-refractivity contribution < 1.29 is 16.8 Å². The SMILES string of the molecule is O=S(=O)(CC(=Cc1ccccc1)S(=O)(=O)c1ccccc1)c1ccccc1. The standard InChI is InChI=1S/C21H18O4S2/c22-26(23,19-12-6-2-7-13-19)17-21(16-18-10-4-1-5-11-18)27(24,25)20-14-8-3-9-15-20/h1-16H,17H2. The molecule has 0 aliphatic carbocycles. The molecule has 3 rings (SSSR count). The third-order valence-electron chi connectivity index (χ3n) is 3.96. The molecular weight excluding hydrogens is 380 g/mol. The first-order valence-corrected chi connectivity index (χ1v) is 11.4. The molecule has 0 radical (unpaired) electrons. The van der Waals surface area contributed by atoms with E-state index in [1.54, 1.807) is 60.7 Å². The molecule has 0 aliphatic heterocycles.